The smallest absolute Gasteiger partial charge is 0.150 e. The van der Waals surface area contributed by atoms with E-state index in [4.69, 9.17) is 0 Å². The van der Waals surface area contributed by atoms with E-state index in [0.717, 1.165) is 5.56 Å². The summed E-state index contributed by atoms with van der Waals surface area (Å²) in [6, 6.07) is 26.1. The maximum Gasteiger partial charge on any atom is 0.150 e. The van der Waals surface area contributed by atoms with Crippen molar-refractivity contribution in [3.8, 4) is 0 Å². The highest BCUT2D eigenvalue weighted by molar-refractivity contribution is 7.10. The number of rotatable bonds is 2. The molecule has 1 aliphatic rings. The Morgan fingerprint density at radius 1 is 0.773 bits per heavy atom. The van der Waals surface area contributed by atoms with Crippen LogP contribution in [0.2, 0.25) is 0 Å². The number of benzene rings is 2. The molecule has 0 spiro atoms. The summed E-state index contributed by atoms with van der Waals surface area (Å²) in [5.41, 5.74) is 0.840. The molecule has 1 aromatic heterocycles. The van der Waals surface area contributed by atoms with Crippen LogP contribution >= 0.6 is 11.3 Å². The summed E-state index contributed by atoms with van der Waals surface area (Å²) in [4.78, 5) is 12.9. The number of hydrogen-bond acceptors (Lipinski definition) is 2. The average molecular weight is 328 g/mol. The third kappa shape index (κ3) is 3.29. The molecule has 2 aromatic carbocycles. The van der Waals surface area contributed by atoms with E-state index in [1.165, 1.54) is 4.88 Å². The molecule has 3 heteroatoms. The molecule has 4 rings (SSSR count). The van der Waals surface area contributed by atoms with E-state index in [-0.39, 0.29) is 17.8 Å². The molecule has 0 saturated heterocycles. The Balaban J connectivity index is 0.000000215. The number of thiophene rings is 1. The van der Waals surface area contributed by atoms with Crippen LogP contribution in [0.25, 0.3) is 0 Å². The van der Waals surface area contributed by atoms with Crippen molar-refractivity contribution >= 4 is 17.1 Å². The normalized spacial score (nSPS) is 18.6. The van der Waals surface area contributed by atoms with Gasteiger partial charge < -0.3 is 12.4 Å². The van der Waals surface area contributed by atoms with Crippen molar-refractivity contribution in [3.63, 3.8) is 0 Å². The number of carbonyl (C=O) groups is 1. The van der Waals surface area contributed by atoms with Crippen molar-refractivity contribution in [3.05, 3.63) is 94.7 Å². The molecule has 1 unspecified atom stereocenters. The molecular weight excluding hydrogens is 312 g/mol. The van der Waals surface area contributed by atoms with Crippen molar-refractivity contribution in [1.29, 1.82) is 0 Å². The quantitative estimate of drug-likeness (QED) is 0.700. The Morgan fingerprint density at radius 3 is 1.68 bits per heavy atom. The van der Waals surface area contributed by atoms with Gasteiger partial charge in [0.15, 0.2) is 5.78 Å². The Morgan fingerprint density at radius 2 is 1.27 bits per heavy atom. The maximum absolute atomic E-state index is 11.7. The summed E-state index contributed by atoms with van der Waals surface area (Å²) in [5, 5.41) is 2.03. The fraction of sp³-hybridized carbons (Fsp3) is 0.105. The van der Waals surface area contributed by atoms with Gasteiger partial charge in [-0.25, -0.2) is 0 Å². The highest BCUT2D eigenvalue weighted by Crippen LogP contribution is 2.51. The zero-order chi connectivity index (χ0) is 14.5. The number of hydrogen-bond donors (Lipinski definition) is 0. The van der Waals surface area contributed by atoms with E-state index in [1.54, 1.807) is 11.3 Å². The molecule has 22 heavy (non-hydrogen) atoms. The van der Waals surface area contributed by atoms with Crippen LogP contribution in [0.5, 0.6) is 0 Å². The van der Waals surface area contributed by atoms with Crippen molar-refractivity contribution < 1.29 is 17.2 Å². The van der Waals surface area contributed by atoms with Gasteiger partial charge in [-0.1, -0.05) is 72.8 Å². The van der Waals surface area contributed by atoms with Crippen LogP contribution < -0.4 is 12.4 Å². The Labute approximate surface area is 141 Å². The molecule has 0 amide bonds. The lowest BCUT2D eigenvalue weighted by atomic mass is 9.94. The first-order chi connectivity index (χ1) is 10.3. The monoisotopic (exact) mass is 327 g/mol. The Kier molecular flexibility index (Phi) is 5.53. The highest BCUT2D eigenvalue weighted by atomic mass is 35.5. The third-order valence-electron chi connectivity index (χ3n) is 3.65. The minimum Gasteiger partial charge on any atom is -1.00 e. The zero-order valence-corrected chi connectivity index (χ0v) is 13.6. The van der Waals surface area contributed by atoms with Crippen molar-refractivity contribution in [1.82, 2.24) is 0 Å². The molecule has 0 radical (unpaired) electrons. The van der Waals surface area contributed by atoms with Gasteiger partial charge in [-0.05, 0) is 17.0 Å². The highest BCUT2D eigenvalue weighted by Gasteiger charge is 2.56. The van der Waals surface area contributed by atoms with Gasteiger partial charge in [0.1, 0.15) is 0 Å². The van der Waals surface area contributed by atoms with Gasteiger partial charge in [0, 0.05) is 11.3 Å². The number of halogens is 1. The van der Waals surface area contributed by atoms with Gasteiger partial charge >= 0.3 is 0 Å². The summed E-state index contributed by atoms with van der Waals surface area (Å²) in [6.07, 6.45) is 0.664. The lowest BCUT2D eigenvalue weighted by Crippen LogP contribution is -3.00. The average Bonchev–Trinajstić information content (AvgIpc) is 3.00. The molecule has 0 aliphatic heterocycles. The molecule has 1 atom stereocenters. The van der Waals surface area contributed by atoms with Crippen LogP contribution in [0.3, 0.4) is 0 Å². The second-order valence-electron chi connectivity index (χ2n) is 5.00. The lowest BCUT2D eigenvalue weighted by molar-refractivity contribution is -0.111. The summed E-state index contributed by atoms with van der Waals surface area (Å²) in [5.74, 6) is 0.344. The van der Waals surface area contributed by atoms with E-state index in [1.807, 2.05) is 78.2 Å². The Hall–Kier alpha value is -1.90. The molecule has 1 fully saturated rings. The van der Waals surface area contributed by atoms with E-state index in [0.29, 0.717) is 12.2 Å². The van der Waals surface area contributed by atoms with Crippen LogP contribution in [0.15, 0.2) is 84.2 Å². The third-order valence-corrected chi connectivity index (χ3v) is 4.68. The lowest BCUT2D eigenvalue weighted by Gasteiger charge is -2.10. The molecule has 1 saturated carbocycles. The van der Waals surface area contributed by atoms with Gasteiger partial charge in [-0.15, -0.1) is 11.3 Å². The first kappa shape index (κ1) is 16.5. The predicted octanol–water partition coefficient (Wildman–Crippen LogP) is 1.70. The summed E-state index contributed by atoms with van der Waals surface area (Å²) < 4.78 is 0. The van der Waals surface area contributed by atoms with Gasteiger partial charge in [-0.2, -0.15) is 0 Å². The Bertz CT molecular complexity index is 668. The fourth-order valence-corrected chi connectivity index (χ4v) is 3.42. The van der Waals surface area contributed by atoms with Crippen molar-refractivity contribution in [2.75, 3.05) is 0 Å². The molecule has 1 aliphatic carbocycles. The number of carbonyl (C=O) groups excluding carboxylic acids is 1. The topological polar surface area (TPSA) is 17.1 Å². The van der Waals surface area contributed by atoms with Crippen molar-refractivity contribution in [2.24, 2.45) is 0 Å². The minimum absolute atomic E-state index is 0. The number of Topliss-reactive ketones (excluding diaryl/α,β-unsaturated/α-hetero) is 1. The second kappa shape index (κ2) is 7.39. The van der Waals surface area contributed by atoms with Gasteiger partial charge in [0.25, 0.3) is 0 Å². The second-order valence-corrected chi connectivity index (χ2v) is 5.95. The SMILES string of the molecule is O=C1CC1(c1ccccc1)c1cccs1.[Cl-].c1ccccc1. The fourth-order valence-electron chi connectivity index (χ4n) is 2.46. The first-order valence-electron chi connectivity index (χ1n) is 6.97. The molecular formula is C19H16ClOS-. The molecule has 0 bridgehead atoms. The van der Waals surface area contributed by atoms with E-state index < -0.39 is 0 Å². The maximum atomic E-state index is 11.7. The first-order valence-corrected chi connectivity index (χ1v) is 7.85. The zero-order valence-electron chi connectivity index (χ0n) is 12.0. The summed E-state index contributed by atoms with van der Waals surface area (Å²) in [7, 11) is 0. The van der Waals surface area contributed by atoms with Gasteiger partial charge in [0.2, 0.25) is 0 Å². The molecule has 0 N–H and O–H groups in total. The standard InChI is InChI=1S/C13H10OS.C6H6.ClH/c14-11-9-13(11,12-7-4-8-15-12)10-5-2-1-3-6-10;1-2-4-6-5-3-1;/h1-8H,9H2;1-6H;1H/p-1. The molecule has 1 nitrogen and oxygen atoms in total. The summed E-state index contributed by atoms with van der Waals surface area (Å²) in [6.45, 7) is 0. The molecule has 3 aromatic rings. The minimum atomic E-state index is -0.296. The summed E-state index contributed by atoms with van der Waals surface area (Å²) >= 11 is 1.67. The largest absolute Gasteiger partial charge is 1.00 e. The van der Waals surface area contributed by atoms with Crippen LogP contribution in [0, 0.1) is 0 Å². The van der Waals surface area contributed by atoms with Crippen LogP contribution in [-0.4, -0.2) is 5.78 Å². The van der Waals surface area contributed by atoms with Crippen LogP contribution in [0.4, 0.5) is 0 Å². The molecule has 112 valence electrons. The van der Waals surface area contributed by atoms with Gasteiger partial charge in [0.05, 0.1) is 5.41 Å². The van der Waals surface area contributed by atoms with E-state index in [2.05, 4.69) is 6.07 Å². The van der Waals surface area contributed by atoms with Gasteiger partial charge in [-0.3, -0.25) is 4.79 Å². The molecule has 1 heterocycles. The van der Waals surface area contributed by atoms with E-state index >= 15 is 0 Å². The van der Waals surface area contributed by atoms with Crippen LogP contribution in [0.1, 0.15) is 16.9 Å². The van der Waals surface area contributed by atoms with Crippen molar-refractivity contribution in [2.45, 2.75) is 11.8 Å². The predicted molar refractivity (Wildman–Crippen MR) is 87.6 cm³/mol. The number of ketones is 1. The van der Waals surface area contributed by atoms with Crippen LogP contribution in [-0.2, 0) is 10.2 Å². The van der Waals surface area contributed by atoms with E-state index in [9.17, 15) is 4.79 Å².